The van der Waals surface area contributed by atoms with Crippen LogP contribution in [0.1, 0.15) is 25.8 Å². The first-order valence-electron chi connectivity index (χ1n) is 6.10. The Hall–Kier alpha value is -1.27. The lowest BCUT2D eigenvalue weighted by atomic mass is 9.99. The normalized spacial score (nSPS) is 14.8. The molecule has 0 aliphatic rings. The van der Waals surface area contributed by atoms with Gasteiger partial charge in [-0.15, -0.1) is 0 Å². The first-order chi connectivity index (χ1) is 9.16. The van der Waals surface area contributed by atoms with Crippen LogP contribution < -0.4 is 11.1 Å². The molecule has 3 N–H and O–H groups in total. The van der Waals surface area contributed by atoms with Crippen molar-refractivity contribution < 1.29 is 18.0 Å². The van der Waals surface area contributed by atoms with Crippen molar-refractivity contribution >= 4 is 23.2 Å². The topological polar surface area (TPSA) is 55.1 Å². The van der Waals surface area contributed by atoms with Gasteiger partial charge >= 0.3 is 6.18 Å². The molecule has 0 radical (unpaired) electrons. The van der Waals surface area contributed by atoms with E-state index in [0.717, 1.165) is 12.1 Å². The Kier molecular flexibility index (Phi) is 5.42. The van der Waals surface area contributed by atoms with Crippen molar-refractivity contribution in [3.8, 4) is 0 Å². The lowest BCUT2D eigenvalue weighted by molar-refractivity contribution is -0.137. The van der Waals surface area contributed by atoms with E-state index < -0.39 is 23.7 Å². The minimum atomic E-state index is -4.60. The zero-order valence-electron chi connectivity index (χ0n) is 11.1. The summed E-state index contributed by atoms with van der Waals surface area (Å²) in [6, 6.07) is 2.30. The molecule has 0 aliphatic carbocycles. The Morgan fingerprint density at radius 1 is 1.45 bits per heavy atom. The van der Waals surface area contributed by atoms with E-state index in [0.29, 0.717) is 6.42 Å². The molecule has 1 aromatic carbocycles. The van der Waals surface area contributed by atoms with Gasteiger partial charge in [-0.25, -0.2) is 0 Å². The largest absolute Gasteiger partial charge is 0.418 e. The number of rotatable bonds is 4. The minimum Gasteiger partial charge on any atom is -0.324 e. The quantitative estimate of drug-likeness (QED) is 0.891. The van der Waals surface area contributed by atoms with Crippen LogP contribution in [0, 0.1) is 5.92 Å². The van der Waals surface area contributed by atoms with Crippen LogP contribution in [0.3, 0.4) is 0 Å². The highest BCUT2D eigenvalue weighted by Crippen LogP contribution is 2.36. The molecule has 0 heterocycles. The van der Waals surface area contributed by atoms with Crippen molar-refractivity contribution in [2.24, 2.45) is 11.7 Å². The highest BCUT2D eigenvalue weighted by atomic mass is 35.5. The Morgan fingerprint density at radius 2 is 2.05 bits per heavy atom. The van der Waals surface area contributed by atoms with Crippen LogP contribution in [0.4, 0.5) is 18.9 Å². The second-order valence-electron chi connectivity index (χ2n) is 4.59. The van der Waals surface area contributed by atoms with Gasteiger partial charge in [-0.2, -0.15) is 13.2 Å². The van der Waals surface area contributed by atoms with E-state index in [9.17, 15) is 18.0 Å². The number of halogens is 4. The summed E-state index contributed by atoms with van der Waals surface area (Å²) >= 11 is 5.56. The van der Waals surface area contributed by atoms with Crippen LogP contribution in [0.15, 0.2) is 18.2 Å². The SMILES string of the molecule is CCC(C)[C@H](N)C(=O)Nc1ccc(Cl)cc1C(F)(F)F. The van der Waals surface area contributed by atoms with E-state index in [2.05, 4.69) is 5.32 Å². The van der Waals surface area contributed by atoms with E-state index in [1.165, 1.54) is 6.07 Å². The highest BCUT2D eigenvalue weighted by molar-refractivity contribution is 6.30. The summed E-state index contributed by atoms with van der Waals surface area (Å²) in [5, 5.41) is 2.16. The molecule has 112 valence electrons. The molecular weight excluding hydrogens is 293 g/mol. The molecule has 3 nitrogen and oxygen atoms in total. The van der Waals surface area contributed by atoms with Crippen molar-refractivity contribution in [1.29, 1.82) is 0 Å². The Morgan fingerprint density at radius 3 is 2.55 bits per heavy atom. The summed E-state index contributed by atoms with van der Waals surface area (Å²) in [7, 11) is 0. The average Bonchev–Trinajstić information content (AvgIpc) is 2.37. The standard InChI is InChI=1S/C13H16ClF3N2O/c1-3-7(2)11(18)12(20)19-10-5-4-8(14)6-9(10)13(15,16)17/h4-7,11H,3,18H2,1-2H3,(H,19,20)/t7?,11-/m0/s1. The Balaban J connectivity index is 3.01. The first kappa shape index (κ1) is 16.8. The molecule has 0 saturated heterocycles. The third kappa shape index (κ3) is 4.11. The highest BCUT2D eigenvalue weighted by Gasteiger charge is 2.34. The van der Waals surface area contributed by atoms with Gasteiger partial charge in [0, 0.05) is 5.02 Å². The lowest BCUT2D eigenvalue weighted by Gasteiger charge is -2.20. The fourth-order valence-electron chi connectivity index (χ4n) is 1.59. The number of anilines is 1. The van der Waals surface area contributed by atoms with E-state index in [4.69, 9.17) is 17.3 Å². The van der Waals surface area contributed by atoms with Gasteiger partial charge in [-0.3, -0.25) is 4.79 Å². The number of alkyl halides is 3. The van der Waals surface area contributed by atoms with Gasteiger partial charge in [0.15, 0.2) is 0 Å². The number of nitrogens with one attached hydrogen (secondary N) is 1. The molecule has 0 fully saturated rings. The minimum absolute atomic E-state index is 0.0541. The maximum atomic E-state index is 12.9. The predicted molar refractivity (Wildman–Crippen MR) is 72.5 cm³/mol. The molecule has 0 aromatic heterocycles. The number of hydrogen-bond donors (Lipinski definition) is 2. The number of hydrogen-bond acceptors (Lipinski definition) is 2. The molecule has 20 heavy (non-hydrogen) atoms. The molecule has 0 saturated carbocycles. The smallest absolute Gasteiger partial charge is 0.324 e. The monoisotopic (exact) mass is 308 g/mol. The molecule has 0 bridgehead atoms. The van der Waals surface area contributed by atoms with E-state index in [1.54, 1.807) is 6.92 Å². The van der Waals surface area contributed by atoms with Gasteiger partial charge < -0.3 is 11.1 Å². The Bertz CT molecular complexity index is 491. The summed E-state index contributed by atoms with van der Waals surface area (Å²) in [5.74, 6) is -0.774. The molecule has 7 heteroatoms. The summed E-state index contributed by atoms with van der Waals surface area (Å²) < 4.78 is 38.6. The molecule has 1 aromatic rings. The fourth-order valence-corrected chi connectivity index (χ4v) is 1.76. The second kappa shape index (κ2) is 6.45. The van der Waals surface area contributed by atoms with Crippen LogP contribution >= 0.6 is 11.6 Å². The van der Waals surface area contributed by atoms with Gasteiger partial charge in [-0.1, -0.05) is 31.9 Å². The average molecular weight is 309 g/mol. The Labute approximate surface area is 120 Å². The van der Waals surface area contributed by atoms with Crippen molar-refractivity contribution in [3.63, 3.8) is 0 Å². The summed E-state index contributed by atoms with van der Waals surface area (Å²) in [4.78, 5) is 11.8. The van der Waals surface area contributed by atoms with Crippen molar-refractivity contribution in [2.75, 3.05) is 5.32 Å². The van der Waals surface area contributed by atoms with Crippen LogP contribution in [0.2, 0.25) is 5.02 Å². The van der Waals surface area contributed by atoms with E-state index in [-0.39, 0.29) is 16.6 Å². The van der Waals surface area contributed by atoms with Gasteiger partial charge in [0.1, 0.15) is 0 Å². The zero-order chi connectivity index (χ0) is 15.5. The number of benzene rings is 1. The second-order valence-corrected chi connectivity index (χ2v) is 5.02. The molecular formula is C13H16ClF3N2O. The van der Waals surface area contributed by atoms with Crippen LogP contribution in [-0.4, -0.2) is 11.9 Å². The van der Waals surface area contributed by atoms with E-state index in [1.807, 2.05) is 6.92 Å². The van der Waals surface area contributed by atoms with Gasteiger partial charge in [0.05, 0.1) is 17.3 Å². The summed E-state index contributed by atoms with van der Waals surface area (Å²) in [6.07, 6.45) is -3.95. The van der Waals surface area contributed by atoms with Gasteiger partial charge in [0.2, 0.25) is 5.91 Å². The number of carbonyl (C=O) groups is 1. The zero-order valence-corrected chi connectivity index (χ0v) is 11.8. The van der Waals surface area contributed by atoms with Crippen molar-refractivity contribution in [3.05, 3.63) is 28.8 Å². The maximum Gasteiger partial charge on any atom is 0.418 e. The summed E-state index contributed by atoms with van der Waals surface area (Å²) in [6.45, 7) is 3.61. The van der Waals surface area contributed by atoms with Gasteiger partial charge in [-0.05, 0) is 24.1 Å². The van der Waals surface area contributed by atoms with Crippen molar-refractivity contribution in [1.82, 2.24) is 0 Å². The number of amides is 1. The molecule has 0 aliphatic heterocycles. The molecule has 1 unspecified atom stereocenters. The van der Waals surface area contributed by atoms with Crippen molar-refractivity contribution in [2.45, 2.75) is 32.5 Å². The van der Waals surface area contributed by atoms with E-state index >= 15 is 0 Å². The number of nitrogens with two attached hydrogens (primary N) is 1. The molecule has 1 amide bonds. The predicted octanol–water partition coefficient (Wildman–Crippen LogP) is 3.67. The van der Waals surface area contributed by atoms with Crippen LogP contribution in [0.5, 0.6) is 0 Å². The lowest BCUT2D eigenvalue weighted by Crippen LogP contribution is -2.41. The first-order valence-corrected chi connectivity index (χ1v) is 6.47. The molecule has 2 atom stereocenters. The maximum absolute atomic E-state index is 12.9. The molecule has 0 spiro atoms. The fraction of sp³-hybridized carbons (Fsp3) is 0.462. The third-order valence-electron chi connectivity index (χ3n) is 3.10. The third-order valence-corrected chi connectivity index (χ3v) is 3.34. The summed E-state index contributed by atoms with van der Waals surface area (Å²) in [5.41, 5.74) is 4.36. The van der Waals surface area contributed by atoms with Crippen LogP contribution in [-0.2, 0) is 11.0 Å². The van der Waals surface area contributed by atoms with Crippen LogP contribution in [0.25, 0.3) is 0 Å². The number of carbonyl (C=O) groups excluding carboxylic acids is 1. The van der Waals surface area contributed by atoms with Gasteiger partial charge in [0.25, 0.3) is 0 Å². The molecule has 1 rings (SSSR count).